The summed E-state index contributed by atoms with van der Waals surface area (Å²) in [5.41, 5.74) is 2.13. The van der Waals surface area contributed by atoms with Crippen molar-refractivity contribution >= 4 is 5.78 Å². The summed E-state index contributed by atoms with van der Waals surface area (Å²) >= 11 is 0. The van der Waals surface area contributed by atoms with Gasteiger partial charge in [-0.25, -0.2) is 0 Å². The number of likely N-dealkylation sites (tertiary alicyclic amines) is 1. The number of phenolic OH excluding ortho intramolecular Hbond substituents is 1. The Morgan fingerprint density at radius 1 is 1.21 bits per heavy atom. The molecule has 2 rings (SSSR count). The maximum Gasteiger partial charge on any atom is 0.191 e. The Balaban J connectivity index is 2.13. The summed E-state index contributed by atoms with van der Waals surface area (Å²) in [6.45, 7) is 5.77. The molecule has 0 radical (unpaired) electrons. The zero-order valence-electron chi connectivity index (χ0n) is 11.6. The average Bonchev–Trinajstić information content (AvgIpc) is 2.41. The molecule has 0 atom stereocenters. The van der Waals surface area contributed by atoms with Crippen LogP contribution < -0.4 is 0 Å². The van der Waals surface area contributed by atoms with Gasteiger partial charge >= 0.3 is 0 Å². The highest BCUT2D eigenvalue weighted by atomic mass is 16.3. The molecule has 0 aromatic heterocycles. The van der Waals surface area contributed by atoms with Gasteiger partial charge in [0.25, 0.3) is 0 Å². The number of rotatable bonds is 3. The molecule has 1 aliphatic heterocycles. The Morgan fingerprint density at radius 2 is 1.89 bits per heavy atom. The molecule has 0 saturated carbocycles. The summed E-state index contributed by atoms with van der Waals surface area (Å²) < 4.78 is 0. The second-order valence-corrected chi connectivity index (χ2v) is 5.25. The van der Waals surface area contributed by atoms with Gasteiger partial charge in [-0.15, -0.1) is 0 Å². The van der Waals surface area contributed by atoms with E-state index in [2.05, 4.69) is 4.90 Å². The molecule has 102 valence electrons. The first-order chi connectivity index (χ1) is 9.08. The lowest BCUT2D eigenvalue weighted by atomic mass is 10.0. The molecule has 0 aliphatic carbocycles. The monoisotopic (exact) mass is 259 g/mol. The van der Waals surface area contributed by atoms with E-state index in [1.807, 2.05) is 26.1 Å². The lowest BCUT2D eigenvalue weighted by molar-refractivity contribution is 0.104. The van der Waals surface area contributed by atoms with Crippen molar-refractivity contribution < 1.29 is 9.90 Å². The molecule has 1 aromatic carbocycles. The number of piperidine rings is 1. The molecule has 1 aromatic rings. The van der Waals surface area contributed by atoms with Gasteiger partial charge in [0.2, 0.25) is 0 Å². The van der Waals surface area contributed by atoms with Gasteiger partial charge in [0.05, 0.1) is 5.56 Å². The molecular formula is C16H21NO2. The second-order valence-electron chi connectivity index (χ2n) is 5.25. The van der Waals surface area contributed by atoms with E-state index in [9.17, 15) is 9.90 Å². The molecule has 0 spiro atoms. The van der Waals surface area contributed by atoms with Crippen molar-refractivity contribution in [3.63, 3.8) is 0 Å². The van der Waals surface area contributed by atoms with Gasteiger partial charge in [-0.2, -0.15) is 0 Å². The van der Waals surface area contributed by atoms with Crippen molar-refractivity contribution in [2.75, 3.05) is 13.1 Å². The van der Waals surface area contributed by atoms with E-state index in [4.69, 9.17) is 0 Å². The number of carbonyl (C=O) groups is 1. The Labute approximate surface area is 114 Å². The van der Waals surface area contributed by atoms with Crippen molar-refractivity contribution in [1.82, 2.24) is 4.90 Å². The summed E-state index contributed by atoms with van der Waals surface area (Å²) in [6.07, 6.45) is 7.08. The fraction of sp³-hybridized carbons (Fsp3) is 0.438. The summed E-state index contributed by atoms with van der Waals surface area (Å²) in [5, 5.41) is 9.96. The SMILES string of the molecule is Cc1cc(C)c(O)c(C(=O)/C=C/N2CCCCC2)c1. The topological polar surface area (TPSA) is 40.5 Å². The number of benzene rings is 1. The molecule has 0 unspecified atom stereocenters. The van der Waals surface area contributed by atoms with Crippen LogP contribution in [0.2, 0.25) is 0 Å². The first-order valence-corrected chi connectivity index (χ1v) is 6.85. The molecule has 1 aliphatic rings. The summed E-state index contributed by atoms with van der Waals surface area (Å²) in [7, 11) is 0. The molecule has 0 bridgehead atoms. The molecule has 3 nitrogen and oxygen atoms in total. The van der Waals surface area contributed by atoms with Crippen LogP contribution in [0.25, 0.3) is 0 Å². The minimum atomic E-state index is -0.130. The van der Waals surface area contributed by atoms with E-state index in [1.54, 1.807) is 12.1 Å². The van der Waals surface area contributed by atoms with Crippen LogP contribution in [0.15, 0.2) is 24.4 Å². The third kappa shape index (κ3) is 3.37. The van der Waals surface area contributed by atoms with Gasteiger partial charge in [0.15, 0.2) is 5.78 Å². The molecule has 1 heterocycles. The summed E-state index contributed by atoms with van der Waals surface area (Å²) in [5.74, 6) is -0.0335. The Kier molecular flexibility index (Phi) is 4.25. The highest BCUT2D eigenvalue weighted by molar-refractivity contribution is 6.06. The first-order valence-electron chi connectivity index (χ1n) is 6.85. The lowest BCUT2D eigenvalue weighted by Gasteiger charge is -2.24. The van der Waals surface area contributed by atoms with Crippen molar-refractivity contribution in [1.29, 1.82) is 0 Å². The van der Waals surface area contributed by atoms with Gasteiger partial charge in [0, 0.05) is 25.4 Å². The van der Waals surface area contributed by atoms with Crippen LogP contribution in [-0.2, 0) is 0 Å². The van der Waals surface area contributed by atoms with E-state index < -0.39 is 0 Å². The number of phenols is 1. The van der Waals surface area contributed by atoms with Gasteiger partial charge < -0.3 is 10.0 Å². The molecule has 1 fully saturated rings. The van der Waals surface area contributed by atoms with Crippen LogP contribution in [0.5, 0.6) is 5.75 Å². The Bertz CT molecular complexity index is 500. The van der Waals surface area contributed by atoms with Crippen molar-refractivity contribution in [2.24, 2.45) is 0 Å². The van der Waals surface area contributed by atoms with Gasteiger partial charge in [-0.05, 0) is 50.3 Å². The van der Waals surface area contributed by atoms with Gasteiger partial charge in [0.1, 0.15) is 5.75 Å². The highest BCUT2D eigenvalue weighted by Crippen LogP contribution is 2.24. The van der Waals surface area contributed by atoms with Crippen LogP contribution in [0.3, 0.4) is 0 Å². The Morgan fingerprint density at radius 3 is 2.58 bits per heavy atom. The maximum absolute atomic E-state index is 12.1. The van der Waals surface area contributed by atoms with E-state index in [-0.39, 0.29) is 11.5 Å². The average molecular weight is 259 g/mol. The number of aryl methyl sites for hydroxylation is 2. The number of allylic oxidation sites excluding steroid dienone is 1. The van der Waals surface area contributed by atoms with E-state index in [1.165, 1.54) is 19.3 Å². The number of ketones is 1. The number of nitrogens with zero attached hydrogens (tertiary/aromatic N) is 1. The fourth-order valence-corrected chi connectivity index (χ4v) is 2.48. The minimum absolute atomic E-state index is 0.0962. The molecule has 0 amide bonds. The molecule has 3 heteroatoms. The normalized spacial score (nSPS) is 16.0. The van der Waals surface area contributed by atoms with Crippen LogP contribution >= 0.6 is 0 Å². The summed E-state index contributed by atoms with van der Waals surface area (Å²) in [4.78, 5) is 14.3. The Hall–Kier alpha value is -1.77. The lowest BCUT2D eigenvalue weighted by Crippen LogP contribution is -2.24. The largest absolute Gasteiger partial charge is 0.507 e. The number of hydrogen-bond acceptors (Lipinski definition) is 3. The zero-order chi connectivity index (χ0) is 13.8. The number of carbonyl (C=O) groups excluding carboxylic acids is 1. The number of aromatic hydroxyl groups is 1. The van der Waals surface area contributed by atoms with Crippen molar-refractivity contribution in [2.45, 2.75) is 33.1 Å². The standard InChI is InChI=1S/C16H21NO2/c1-12-10-13(2)16(19)14(11-12)15(18)6-9-17-7-4-3-5-8-17/h6,9-11,19H,3-5,7-8H2,1-2H3/b9-6+. The smallest absolute Gasteiger partial charge is 0.191 e. The van der Waals surface area contributed by atoms with E-state index in [0.717, 1.165) is 24.2 Å². The third-order valence-electron chi connectivity index (χ3n) is 3.54. The van der Waals surface area contributed by atoms with Crippen molar-refractivity contribution in [3.8, 4) is 5.75 Å². The van der Waals surface area contributed by atoms with Gasteiger partial charge in [-0.3, -0.25) is 4.79 Å². The summed E-state index contributed by atoms with van der Waals surface area (Å²) in [6, 6.07) is 3.62. The molecular weight excluding hydrogens is 238 g/mol. The minimum Gasteiger partial charge on any atom is -0.507 e. The molecule has 1 N–H and O–H groups in total. The van der Waals surface area contributed by atoms with E-state index >= 15 is 0 Å². The predicted octanol–water partition coefficient (Wildman–Crippen LogP) is 3.19. The molecule has 1 saturated heterocycles. The highest BCUT2D eigenvalue weighted by Gasteiger charge is 2.12. The van der Waals surface area contributed by atoms with Crippen LogP contribution in [0, 0.1) is 13.8 Å². The van der Waals surface area contributed by atoms with Crippen LogP contribution in [0.1, 0.15) is 40.7 Å². The zero-order valence-corrected chi connectivity index (χ0v) is 11.6. The van der Waals surface area contributed by atoms with Crippen LogP contribution in [-0.4, -0.2) is 28.9 Å². The third-order valence-corrected chi connectivity index (χ3v) is 3.54. The molecule has 19 heavy (non-hydrogen) atoms. The van der Waals surface area contributed by atoms with Crippen molar-refractivity contribution in [3.05, 3.63) is 41.1 Å². The fourth-order valence-electron chi connectivity index (χ4n) is 2.48. The first kappa shape index (κ1) is 13.7. The second kappa shape index (κ2) is 5.91. The van der Waals surface area contributed by atoms with Crippen LogP contribution in [0.4, 0.5) is 0 Å². The van der Waals surface area contributed by atoms with E-state index in [0.29, 0.717) is 5.56 Å². The maximum atomic E-state index is 12.1. The van der Waals surface area contributed by atoms with Gasteiger partial charge in [-0.1, -0.05) is 6.07 Å². The quantitative estimate of drug-likeness (QED) is 0.669. The number of hydrogen-bond donors (Lipinski definition) is 1. The predicted molar refractivity (Wildman–Crippen MR) is 76.5 cm³/mol.